The Morgan fingerprint density at radius 1 is 1.50 bits per heavy atom. The summed E-state index contributed by atoms with van der Waals surface area (Å²) in [5.74, 6) is -1.87. The normalized spacial score (nSPS) is 11.5. The Labute approximate surface area is 90.2 Å². The number of aromatic nitrogens is 1. The monoisotopic (exact) mass is 233 g/mol. The molecule has 0 radical (unpaired) electrons. The van der Waals surface area contributed by atoms with Gasteiger partial charge in [0.2, 0.25) is 0 Å². The van der Waals surface area contributed by atoms with E-state index in [1.165, 1.54) is 0 Å². The van der Waals surface area contributed by atoms with Gasteiger partial charge in [-0.2, -0.15) is 13.2 Å². The average molecular weight is 233 g/mol. The molecule has 0 unspecified atom stereocenters. The number of halogens is 3. The molecule has 1 aromatic heterocycles. The third-order valence-electron chi connectivity index (χ3n) is 1.79. The molecule has 88 valence electrons. The van der Waals surface area contributed by atoms with Crippen molar-refractivity contribution in [1.82, 2.24) is 4.98 Å². The Balaban J connectivity index is 2.86. The van der Waals surface area contributed by atoms with Crippen LogP contribution < -0.4 is 0 Å². The molecule has 0 N–H and O–H groups in total. The number of ether oxygens (including phenoxy) is 1. The first kappa shape index (κ1) is 12.6. The van der Waals surface area contributed by atoms with Crippen LogP contribution in [0.5, 0.6) is 0 Å². The number of nitrogens with zero attached hydrogens (tertiary/aromatic N) is 1. The van der Waals surface area contributed by atoms with E-state index in [-0.39, 0.29) is 6.61 Å². The van der Waals surface area contributed by atoms with Gasteiger partial charge in [0, 0.05) is 18.4 Å². The van der Waals surface area contributed by atoms with Crippen molar-refractivity contribution in [3.8, 4) is 0 Å². The summed E-state index contributed by atoms with van der Waals surface area (Å²) in [7, 11) is 0. The van der Waals surface area contributed by atoms with E-state index < -0.39 is 17.5 Å². The van der Waals surface area contributed by atoms with Crippen LogP contribution in [0.1, 0.15) is 23.0 Å². The fourth-order valence-electron chi connectivity index (χ4n) is 1.07. The third kappa shape index (κ3) is 3.30. The number of carbonyl (C=O) groups excluding carboxylic acids is 1. The number of Topliss-reactive ketones (excluding diaryl/α,β-unsaturated/α-hetero) is 1. The van der Waals surface area contributed by atoms with Crippen LogP contribution in [0.3, 0.4) is 0 Å². The van der Waals surface area contributed by atoms with Gasteiger partial charge < -0.3 is 4.74 Å². The SMILES string of the molecule is CCOCc1cc(C(=O)C(F)(F)F)ccn1. The van der Waals surface area contributed by atoms with Crippen LogP contribution in [0.2, 0.25) is 0 Å². The lowest BCUT2D eigenvalue weighted by Gasteiger charge is -2.06. The van der Waals surface area contributed by atoms with Gasteiger partial charge in [0.1, 0.15) is 0 Å². The first-order valence-electron chi connectivity index (χ1n) is 4.59. The van der Waals surface area contributed by atoms with E-state index >= 15 is 0 Å². The molecule has 0 saturated heterocycles. The minimum absolute atomic E-state index is 0.0927. The van der Waals surface area contributed by atoms with Gasteiger partial charge in [-0.3, -0.25) is 9.78 Å². The molecule has 16 heavy (non-hydrogen) atoms. The van der Waals surface area contributed by atoms with E-state index in [1.807, 2.05) is 0 Å². The molecule has 1 aromatic rings. The van der Waals surface area contributed by atoms with Gasteiger partial charge >= 0.3 is 6.18 Å². The van der Waals surface area contributed by atoms with Crippen LogP contribution in [0.25, 0.3) is 0 Å². The number of rotatable bonds is 4. The molecule has 1 heterocycles. The summed E-state index contributed by atoms with van der Waals surface area (Å²) in [6.07, 6.45) is -3.70. The predicted octanol–water partition coefficient (Wildman–Crippen LogP) is 2.36. The van der Waals surface area contributed by atoms with Crippen LogP contribution in [0, 0.1) is 0 Å². The maximum Gasteiger partial charge on any atom is 0.454 e. The number of pyridine rings is 1. The largest absolute Gasteiger partial charge is 0.454 e. The van der Waals surface area contributed by atoms with Crippen LogP contribution in [0.15, 0.2) is 18.3 Å². The summed E-state index contributed by atoms with van der Waals surface area (Å²) in [6.45, 7) is 2.28. The Hall–Kier alpha value is -1.43. The summed E-state index contributed by atoms with van der Waals surface area (Å²) in [5, 5.41) is 0. The number of alkyl halides is 3. The number of hydrogen-bond donors (Lipinski definition) is 0. The predicted molar refractivity (Wildman–Crippen MR) is 50.0 cm³/mol. The molecule has 0 saturated carbocycles. The Morgan fingerprint density at radius 3 is 2.75 bits per heavy atom. The van der Waals surface area contributed by atoms with Crippen LogP contribution >= 0.6 is 0 Å². The highest BCUT2D eigenvalue weighted by Crippen LogP contribution is 2.21. The zero-order valence-corrected chi connectivity index (χ0v) is 8.54. The van der Waals surface area contributed by atoms with Crippen molar-refractivity contribution in [2.24, 2.45) is 0 Å². The quantitative estimate of drug-likeness (QED) is 0.749. The van der Waals surface area contributed by atoms with Crippen molar-refractivity contribution in [1.29, 1.82) is 0 Å². The molecule has 0 aliphatic carbocycles. The standard InChI is InChI=1S/C10H10F3NO2/c1-2-16-6-8-5-7(3-4-14-8)9(15)10(11,12)13/h3-5H,2,6H2,1H3. The molecule has 6 heteroatoms. The third-order valence-corrected chi connectivity index (χ3v) is 1.79. The van der Waals surface area contributed by atoms with Crippen molar-refractivity contribution < 1.29 is 22.7 Å². The smallest absolute Gasteiger partial charge is 0.375 e. The van der Waals surface area contributed by atoms with Crippen LogP contribution in [0.4, 0.5) is 13.2 Å². The first-order chi connectivity index (χ1) is 7.45. The van der Waals surface area contributed by atoms with E-state index in [0.29, 0.717) is 12.3 Å². The molecule has 0 atom stereocenters. The fraction of sp³-hybridized carbons (Fsp3) is 0.400. The molecule has 0 aromatic carbocycles. The van der Waals surface area contributed by atoms with Gasteiger partial charge in [0.15, 0.2) is 0 Å². The van der Waals surface area contributed by atoms with Gasteiger partial charge in [-0.15, -0.1) is 0 Å². The van der Waals surface area contributed by atoms with Gasteiger partial charge in [-0.25, -0.2) is 0 Å². The summed E-state index contributed by atoms with van der Waals surface area (Å²) < 4.78 is 41.3. The maximum atomic E-state index is 12.1. The minimum Gasteiger partial charge on any atom is -0.375 e. The molecule has 0 aliphatic rings. The summed E-state index contributed by atoms with van der Waals surface area (Å²) in [4.78, 5) is 14.7. The lowest BCUT2D eigenvalue weighted by molar-refractivity contribution is -0.0885. The number of hydrogen-bond acceptors (Lipinski definition) is 3. The van der Waals surface area contributed by atoms with Crippen LogP contribution in [-0.4, -0.2) is 23.6 Å². The fourth-order valence-corrected chi connectivity index (χ4v) is 1.07. The highest BCUT2D eigenvalue weighted by Gasteiger charge is 2.39. The van der Waals surface area contributed by atoms with E-state index in [9.17, 15) is 18.0 Å². The van der Waals surface area contributed by atoms with Crippen LogP contribution in [-0.2, 0) is 11.3 Å². The molecule has 0 aliphatic heterocycles. The van der Waals surface area contributed by atoms with Gasteiger partial charge in [0.25, 0.3) is 5.78 Å². The van der Waals surface area contributed by atoms with Gasteiger partial charge in [-0.05, 0) is 19.1 Å². The highest BCUT2D eigenvalue weighted by molar-refractivity contribution is 6.00. The molecular weight excluding hydrogens is 223 g/mol. The van der Waals surface area contributed by atoms with E-state index in [1.54, 1.807) is 6.92 Å². The lowest BCUT2D eigenvalue weighted by atomic mass is 10.1. The molecule has 0 spiro atoms. The lowest BCUT2D eigenvalue weighted by Crippen LogP contribution is -2.22. The van der Waals surface area contributed by atoms with Crippen molar-refractivity contribution in [2.45, 2.75) is 19.7 Å². The molecule has 1 rings (SSSR count). The molecule has 0 bridgehead atoms. The zero-order valence-electron chi connectivity index (χ0n) is 8.54. The van der Waals surface area contributed by atoms with Crippen molar-refractivity contribution in [3.63, 3.8) is 0 Å². The second-order valence-electron chi connectivity index (χ2n) is 3.00. The first-order valence-corrected chi connectivity index (χ1v) is 4.59. The summed E-state index contributed by atoms with van der Waals surface area (Å²) >= 11 is 0. The molecule has 0 amide bonds. The molecular formula is C10H10F3NO2. The van der Waals surface area contributed by atoms with E-state index in [2.05, 4.69) is 4.98 Å². The van der Waals surface area contributed by atoms with Gasteiger partial charge in [0.05, 0.1) is 12.3 Å². The van der Waals surface area contributed by atoms with Gasteiger partial charge in [-0.1, -0.05) is 0 Å². The minimum atomic E-state index is -4.86. The number of carbonyl (C=O) groups is 1. The van der Waals surface area contributed by atoms with Crippen molar-refractivity contribution >= 4 is 5.78 Å². The second kappa shape index (κ2) is 5.07. The maximum absolute atomic E-state index is 12.1. The van der Waals surface area contributed by atoms with E-state index in [4.69, 9.17) is 4.74 Å². The second-order valence-corrected chi connectivity index (χ2v) is 3.00. The van der Waals surface area contributed by atoms with Crippen molar-refractivity contribution in [2.75, 3.05) is 6.61 Å². The van der Waals surface area contributed by atoms with Crippen molar-refractivity contribution in [3.05, 3.63) is 29.6 Å². The van der Waals surface area contributed by atoms with E-state index in [0.717, 1.165) is 18.3 Å². The Morgan fingerprint density at radius 2 is 2.19 bits per heavy atom. The zero-order chi connectivity index (χ0) is 12.2. The summed E-state index contributed by atoms with van der Waals surface area (Å²) in [6, 6.07) is 2.12. The average Bonchev–Trinajstić information content (AvgIpc) is 2.24. The number of ketones is 1. The molecule has 0 fully saturated rings. The Bertz CT molecular complexity index is 377. The molecule has 3 nitrogen and oxygen atoms in total. The topological polar surface area (TPSA) is 39.2 Å². The Kier molecular flexibility index (Phi) is 4.00. The summed E-state index contributed by atoms with van der Waals surface area (Å²) in [5.41, 5.74) is -0.117. The highest BCUT2D eigenvalue weighted by atomic mass is 19.4.